The van der Waals surface area contributed by atoms with E-state index in [1.54, 1.807) is 5.32 Å². The first-order valence-corrected chi connectivity index (χ1v) is 8.39. The third kappa shape index (κ3) is 6.97. The predicted octanol–water partition coefficient (Wildman–Crippen LogP) is 0.580. The number of rotatable bonds is 5. The quantitative estimate of drug-likeness (QED) is 0.357. The van der Waals surface area contributed by atoms with Crippen molar-refractivity contribution in [3.8, 4) is 0 Å². The molecule has 0 spiro atoms. The summed E-state index contributed by atoms with van der Waals surface area (Å²) in [6.07, 6.45) is -9.49. The van der Waals surface area contributed by atoms with Gasteiger partial charge in [0.2, 0.25) is 0 Å². The second-order valence-corrected chi connectivity index (χ2v) is 6.38. The van der Waals surface area contributed by atoms with E-state index in [-0.39, 0.29) is 0 Å². The van der Waals surface area contributed by atoms with Crippen molar-refractivity contribution >= 4 is 39.7 Å². The number of carbonyl (C=O) groups is 4. The van der Waals surface area contributed by atoms with Crippen LogP contribution in [0.25, 0.3) is 0 Å². The van der Waals surface area contributed by atoms with Crippen molar-refractivity contribution in [2.24, 2.45) is 0 Å². The number of ether oxygens (including phenoxy) is 4. The summed E-state index contributed by atoms with van der Waals surface area (Å²) < 4.78 is 58.1. The molecule has 1 saturated heterocycles. The van der Waals surface area contributed by atoms with Crippen molar-refractivity contribution < 1.29 is 51.3 Å². The van der Waals surface area contributed by atoms with E-state index in [0.29, 0.717) is 0 Å². The highest BCUT2D eigenvalue weighted by atomic mass is 79.9. The van der Waals surface area contributed by atoms with Gasteiger partial charge in [0, 0.05) is 20.8 Å². The molecule has 13 heteroatoms. The third-order valence-electron chi connectivity index (χ3n) is 3.25. The standard InChI is InChI=1S/C14H17BrF3NO8/c1-5(20)24-4-8-10(25-6(2)21)9(19-13(23)14(16,17)18)11(12(15)27-8)26-7(3)22/h8-12H,4H2,1-3H3,(H,19,23)/t8-,9+,10-,11+,12+/m0/s1. The van der Waals surface area contributed by atoms with Crippen LogP contribution >= 0.6 is 15.9 Å². The molecule has 0 saturated carbocycles. The highest BCUT2D eigenvalue weighted by Gasteiger charge is 2.52. The maximum absolute atomic E-state index is 12.7. The number of hydrogen-bond donors (Lipinski definition) is 1. The second-order valence-electron chi connectivity index (χ2n) is 5.47. The summed E-state index contributed by atoms with van der Waals surface area (Å²) in [6.45, 7) is 2.57. The van der Waals surface area contributed by atoms with Gasteiger partial charge in [0.05, 0.1) is 0 Å². The van der Waals surface area contributed by atoms with Crippen molar-refractivity contribution in [1.29, 1.82) is 0 Å². The average molecular weight is 464 g/mol. The fraction of sp³-hybridized carbons (Fsp3) is 0.714. The van der Waals surface area contributed by atoms with Crippen LogP contribution in [0.3, 0.4) is 0 Å². The summed E-state index contributed by atoms with van der Waals surface area (Å²) in [4.78, 5) is 45.1. The monoisotopic (exact) mass is 463 g/mol. The summed E-state index contributed by atoms with van der Waals surface area (Å²) in [5, 5.41) is 0.461. The Morgan fingerprint density at radius 2 is 1.52 bits per heavy atom. The summed E-state index contributed by atoms with van der Waals surface area (Å²) in [5.41, 5.74) is 0. The minimum atomic E-state index is -5.24. The maximum Gasteiger partial charge on any atom is 0.471 e. The van der Waals surface area contributed by atoms with Gasteiger partial charge >= 0.3 is 30.0 Å². The Hall–Kier alpha value is -1.89. The average Bonchev–Trinajstić information content (AvgIpc) is 2.49. The van der Waals surface area contributed by atoms with Crippen LogP contribution in [0.15, 0.2) is 0 Å². The number of halogens is 4. The first kappa shape index (κ1) is 23.1. The molecule has 154 valence electrons. The topological polar surface area (TPSA) is 117 Å². The zero-order valence-electron chi connectivity index (χ0n) is 14.4. The zero-order valence-corrected chi connectivity index (χ0v) is 16.0. The van der Waals surface area contributed by atoms with Gasteiger partial charge < -0.3 is 24.3 Å². The molecule has 1 fully saturated rings. The highest BCUT2D eigenvalue weighted by molar-refractivity contribution is 9.09. The lowest BCUT2D eigenvalue weighted by Gasteiger charge is -2.43. The van der Waals surface area contributed by atoms with E-state index < -0.39 is 66.0 Å². The SMILES string of the molecule is CC(=O)OC[C@@H]1O[C@@H](Br)[C@H](OC(C)=O)[C@H](NC(=O)C(F)(F)F)[C@H]1OC(C)=O. The molecular weight excluding hydrogens is 447 g/mol. The largest absolute Gasteiger partial charge is 0.471 e. The summed E-state index contributed by atoms with van der Waals surface area (Å²) >= 11 is 2.99. The number of amides is 1. The maximum atomic E-state index is 12.7. The fourth-order valence-corrected chi connectivity index (χ4v) is 3.01. The molecule has 0 aromatic heterocycles. The molecule has 0 bridgehead atoms. The van der Waals surface area contributed by atoms with Crippen molar-refractivity contribution in [1.82, 2.24) is 5.32 Å². The van der Waals surface area contributed by atoms with Gasteiger partial charge in [-0.15, -0.1) is 0 Å². The molecule has 0 aromatic rings. The molecule has 1 N–H and O–H groups in total. The first-order valence-electron chi connectivity index (χ1n) is 7.48. The lowest BCUT2D eigenvalue weighted by atomic mass is 9.96. The van der Waals surface area contributed by atoms with Gasteiger partial charge in [-0.2, -0.15) is 13.2 Å². The fourth-order valence-electron chi connectivity index (χ4n) is 2.29. The van der Waals surface area contributed by atoms with Gasteiger partial charge in [-0.05, 0) is 0 Å². The number of carbonyl (C=O) groups excluding carboxylic acids is 4. The van der Waals surface area contributed by atoms with Gasteiger partial charge in [-0.1, -0.05) is 15.9 Å². The van der Waals surface area contributed by atoms with Crippen molar-refractivity contribution in [3.05, 3.63) is 0 Å². The Morgan fingerprint density at radius 3 is 1.96 bits per heavy atom. The van der Waals surface area contributed by atoms with Crippen LogP contribution in [0.1, 0.15) is 20.8 Å². The van der Waals surface area contributed by atoms with E-state index in [9.17, 15) is 32.3 Å². The summed E-state index contributed by atoms with van der Waals surface area (Å²) in [5.74, 6) is -4.84. The highest BCUT2D eigenvalue weighted by Crippen LogP contribution is 2.30. The van der Waals surface area contributed by atoms with Crippen LogP contribution in [0.5, 0.6) is 0 Å². The Morgan fingerprint density at radius 1 is 1.00 bits per heavy atom. The third-order valence-corrected chi connectivity index (χ3v) is 3.98. The van der Waals surface area contributed by atoms with Crippen molar-refractivity contribution in [2.45, 2.75) is 56.3 Å². The molecule has 1 amide bonds. The molecule has 0 radical (unpaired) electrons. The normalized spacial score (nSPS) is 28.0. The van der Waals surface area contributed by atoms with E-state index in [0.717, 1.165) is 20.8 Å². The van der Waals surface area contributed by atoms with Crippen LogP contribution in [0.4, 0.5) is 13.2 Å². The molecule has 0 unspecified atom stereocenters. The molecule has 5 atom stereocenters. The predicted molar refractivity (Wildman–Crippen MR) is 83.3 cm³/mol. The van der Waals surface area contributed by atoms with Crippen LogP contribution in [0, 0.1) is 0 Å². The van der Waals surface area contributed by atoms with Crippen LogP contribution < -0.4 is 5.32 Å². The molecule has 0 aromatic carbocycles. The van der Waals surface area contributed by atoms with Gasteiger partial charge in [0.1, 0.15) is 18.8 Å². The lowest BCUT2D eigenvalue weighted by Crippen LogP contribution is -2.66. The van der Waals surface area contributed by atoms with Crippen LogP contribution in [-0.4, -0.2) is 66.0 Å². The van der Waals surface area contributed by atoms with Gasteiger partial charge in [0.15, 0.2) is 17.2 Å². The molecular formula is C14H17BrF3NO8. The molecule has 27 heavy (non-hydrogen) atoms. The number of hydrogen-bond acceptors (Lipinski definition) is 8. The van der Waals surface area contributed by atoms with Crippen molar-refractivity contribution in [3.63, 3.8) is 0 Å². The smallest absolute Gasteiger partial charge is 0.463 e. The van der Waals surface area contributed by atoms with Crippen molar-refractivity contribution in [2.75, 3.05) is 6.61 Å². The second kappa shape index (κ2) is 9.35. The first-order chi connectivity index (χ1) is 12.3. The summed E-state index contributed by atoms with van der Waals surface area (Å²) in [7, 11) is 0. The number of alkyl halides is 4. The minimum Gasteiger partial charge on any atom is -0.463 e. The molecule has 1 heterocycles. The molecule has 1 aliphatic rings. The zero-order chi connectivity index (χ0) is 20.9. The van der Waals surface area contributed by atoms with Gasteiger partial charge in [0.25, 0.3) is 0 Å². The Balaban J connectivity index is 3.23. The van der Waals surface area contributed by atoms with E-state index in [2.05, 4.69) is 15.9 Å². The van der Waals surface area contributed by atoms with Gasteiger partial charge in [-0.25, -0.2) is 0 Å². The van der Waals surface area contributed by atoms with E-state index in [1.807, 2.05) is 0 Å². The minimum absolute atomic E-state index is 0.486. The van der Waals surface area contributed by atoms with Gasteiger partial charge in [-0.3, -0.25) is 19.2 Å². The van der Waals surface area contributed by atoms with E-state index >= 15 is 0 Å². The van der Waals surface area contributed by atoms with Crippen LogP contribution in [0.2, 0.25) is 0 Å². The lowest BCUT2D eigenvalue weighted by molar-refractivity contribution is -0.208. The van der Waals surface area contributed by atoms with E-state index in [1.165, 1.54) is 0 Å². The number of esters is 3. The Bertz CT molecular complexity index is 599. The molecule has 1 aliphatic heterocycles. The molecule has 9 nitrogen and oxygen atoms in total. The van der Waals surface area contributed by atoms with E-state index in [4.69, 9.17) is 18.9 Å². The Kier molecular flexibility index (Phi) is 8.02. The summed E-state index contributed by atoms with van der Waals surface area (Å²) in [6, 6.07) is -1.63. The molecule has 1 rings (SSSR count). The molecule has 0 aliphatic carbocycles. The Labute approximate surface area is 159 Å². The number of nitrogens with one attached hydrogen (secondary N) is 1. The van der Waals surface area contributed by atoms with Crippen LogP contribution in [-0.2, 0) is 38.1 Å².